The first-order chi connectivity index (χ1) is 8.81. The summed E-state index contributed by atoms with van der Waals surface area (Å²) in [6.45, 7) is 2.95. The predicted molar refractivity (Wildman–Crippen MR) is 72.3 cm³/mol. The van der Waals surface area contributed by atoms with Crippen LogP contribution in [0.2, 0.25) is 0 Å². The number of fused-ring (bicyclic) bond motifs is 1. The van der Waals surface area contributed by atoms with Crippen molar-refractivity contribution >= 4 is 10.9 Å². The smallest absolute Gasteiger partial charge is 0.0702 e. The zero-order valence-corrected chi connectivity index (χ0v) is 10.4. The maximum Gasteiger partial charge on any atom is 0.0702 e. The topological polar surface area (TPSA) is 36.4 Å². The van der Waals surface area contributed by atoms with Crippen LogP contribution in [-0.4, -0.2) is 34.2 Å². The number of hydrogen-bond acceptors (Lipinski definition) is 3. The lowest BCUT2D eigenvalue weighted by Crippen LogP contribution is -2.35. The average molecular weight is 242 g/mol. The maximum atomic E-state index is 9.50. The molecule has 3 heteroatoms. The van der Waals surface area contributed by atoms with E-state index in [1.165, 1.54) is 10.9 Å². The van der Waals surface area contributed by atoms with Crippen molar-refractivity contribution in [2.24, 2.45) is 0 Å². The first-order valence-electron chi connectivity index (χ1n) is 6.55. The molecule has 1 fully saturated rings. The lowest BCUT2D eigenvalue weighted by molar-refractivity contribution is 0.0792. The molecule has 1 aliphatic rings. The van der Waals surface area contributed by atoms with E-state index in [0.717, 1.165) is 38.0 Å². The Kier molecular flexibility index (Phi) is 3.26. The number of piperidine rings is 1. The lowest BCUT2D eigenvalue weighted by atomic mass is 10.1. The molecule has 94 valence electrons. The number of benzene rings is 1. The van der Waals surface area contributed by atoms with Crippen LogP contribution in [0.15, 0.2) is 36.5 Å². The van der Waals surface area contributed by atoms with Crippen LogP contribution < -0.4 is 0 Å². The summed E-state index contributed by atoms with van der Waals surface area (Å²) < 4.78 is 0. The van der Waals surface area contributed by atoms with Crippen LogP contribution in [-0.2, 0) is 6.54 Å². The molecule has 1 aromatic heterocycles. The molecule has 2 heterocycles. The van der Waals surface area contributed by atoms with Gasteiger partial charge in [0.25, 0.3) is 0 Å². The SMILES string of the molecule is OC1CCN(Cc2ccc3ncccc3c2)CC1. The Morgan fingerprint density at radius 3 is 2.89 bits per heavy atom. The van der Waals surface area contributed by atoms with Gasteiger partial charge in [0.05, 0.1) is 11.6 Å². The number of hydrogen-bond donors (Lipinski definition) is 1. The van der Waals surface area contributed by atoms with Gasteiger partial charge in [0.15, 0.2) is 0 Å². The Morgan fingerprint density at radius 1 is 1.22 bits per heavy atom. The zero-order chi connectivity index (χ0) is 12.4. The number of nitrogens with zero attached hydrogens (tertiary/aromatic N) is 2. The van der Waals surface area contributed by atoms with Gasteiger partial charge in [-0.3, -0.25) is 9.88 Å². The van der Waals surface area contributed by atoms with Crippen LogP contribution in [0.5, 0.6) is 0 Å². The molecule has 1 saturated heterocycles. The number of aliphatic hydroxyl groups excluding tert-OH is 1. The van der Waals surface area contributed by atoms with E-state index in [0.29, 0.717) is 0 Å². The summed E-state index contributed by atoms with van der Waals surface area (Å²) in [5.41, 5.74) is 2.38. The summed E-state index contributed by atoms with van der Waals surface area (Å²) in [5.74, 6) is 0. The molecule has 0 amide bonds. The Labute approximate surface area is 107 Å². The summed E-state index contributed by atoms with van der Waals surface area (Å²) in [5, 5.41) is 10.7. The van der Waals surface area contributed by atoms with Gasteiger partial charge in [-0.2, -0.15) is 0 Å². The van der Waals surface area contributed by atoms with Crippen LogP contribution >= 0.6 is 0 Å². The molecule has 1 N–H and O–H groups in total. The second-order valence-corrected chi connectivity index (χ2v) is 5.04. The highest BCUT2D eigenvalue weighted by Gasteiger charge is 2.16. The Morgan fingerprint density at radius 2 is 2.06 bits per heavy atom. The van der Waals surface area contributed by atoms with E-state index >= 15 is 0 Å². The molecule has 0 aliphatic carbocycles. The molecule has 18 heavy (non-hydrogen) atoms. The summed E-state index contributed by atoms with van der Waals surface area (Å²) in [4.78, 5) is 6.74. The van der Waals surface area contributed by atoms with Crippen LogP contribution in [0.25, 0.3) is 10.9 Å². The van der Waals surface area contributed by atoms with E-state index in [1.807, 2.05) is 12.3 Å². The summed E-state index contributed by atoms with van der Waals surface area (Å²) in [6.07, 6.45) is 3.53. The second kappa shape index (κ2) is 5.04. The Balaban J connectivity index is 1.74. The van der Waals surface area contributed by atoms with Crippen molar-refractivity contribution in [3.8, 4) is 0 Å². The van der Waals surface area contributed by atoms with E-state index in [4.69, 9.17) is 0 Å². The predicted octanol–water partition coefficient (Wildman–Crippen LogP) is 2.19. The van der Waals surface area contributed by atoms with Gasteiger partial charge >= 0.3 is 0 Å². The molecule has 0 unspecified atom stereocenters. The molecule has 0 atom stereocenters. The lowest BCUT2D eigenvalue weighted by Gasteiger charge is -2.29. The number of aromatic nitrogens is 1. The van der Waals surface area contributed by atoms with E-state index in [-0.39, 0.29) is 6.10 Å². The monoisotopic (exact) mass is 242 g/mol. The van der Waals surface area contributed by atoms with Crippen molar-refractivity contribution < 1.29 is 5.11 Å². The van der Waals surface area contributed by atoms with E-state index in [2.05, 4.69) is 34.1 Å². The van der Waals surface area contributed by atoms with Gasteiger partial charge in [0.2, 0.25) is 0 Å². The fourth-order valence-corrected chi connectivity index (χ4v) is 2.56. The molecule has 1 aromatic carbocycles. The third-order valence-electron chi connectivity index (χ3n) is 3.63. The van der Waals surface area contributed by atoms with Gasteiger partial charge < -0.3 is 5.11 Å². The van der Waals surface area contributed by atoms with Crippen molar-refractivity contribution in [2.45, 2.75) is 25.5 Å². The standard InChI is InChI=1S/C15H18N2O/c18-14-5-8-17(9-6-14)11-12-3-4-15-13(10-12)2-1-7-16-15/h1-4,7,10,14,18H,5-6,8-9,11H2. The normalized spacial score (nSPS) is 18.3. The number of likely N-dealkylation sites (tertiary alicyclic amines) is 1. The van der Waals surface area contributed by atoms with Gasteiger partial charge in [-0.25, -0.2) is 0 Å². The average Bonchev–Trinajstić information content (AvgIpc) is 2.41. The molecule has 0 saturated carbocycles. The van der Waals surface area contributed by atoms with Crippen LogP contribution in [0.3, 0.4) is 0 Å². The number of aliphatic hydroxyl groups is 1. The van der Waals surface area contributed by atoms with Crippen LogP contribution in [0, 0.1) is 0 Å². The largest absolute Gasteiger partial charge is 0.393 e. The number of rotatable bonds is 2. The van der Waals surface area contributed by atoms with Crippen molar-refractivity contribution in [2.75, 3.05) is 13.1 Å². The highest BCUT2D eigenvalue weighted by molar-refractivity contribution is 5.78. The van der Waals surface area contributed by atoms with Crippen LogP contribution in [0.1, 0.15) is 18.4 Å². The molecule has 1 aliphatic heterocycles. The number of pyridine rings is 1. The van der Waals surface area contributed by atoms with Gasteiger partial charge in [0, 0.05) is 31.2 Å². The van der Waals surface area contributed by atoms with Crippen molar-refractivity contribution in [1.82, 2.24) is 9.88 Å². The molecular formula is C15H18N2O. The molecule has 0 spiro atoms. The third-order valence-corrected chi connectivity index (χ3v) is 3.63. The summed E-state index contributed by atoms with van der Waals surface area (Å²) in [7, 11) is 0. The molecule has 3 nitrogen and oxygen atoms in total. The van der Waals surface area contributed by atoms with E-state index < -0.39 is 0 Å². The first kappa shape index (κ1) is 11.6. The van der Waals surface area contributed by atoms with Gasteiger partial charge in [-0.05, 0) is 36.6 Å². The molecular weight excluding hydrogens is 224 g/mol. The fourth-order valence-electron chi connectivity index (χ4n) is 2.56. The highest BCUT2D eigenvalue weighted by atomic mass is 16.3. The zero-order valence-electron chi connectivity index (χ0n) is 10.4. The molecule has 0 bridgehead atoms. The van der Waals surface area contributed by atoms with Gasteiger partial charge in [0.1, 0.15) is 0 Å². The molecule has 3 rings (SSSR count). The minimum absolute atomic E-state index is 0.0953. The van der Waals surface area contributed by atoms with Crippen molar-refractivity contribution in [3.05, 3.63) is 42.1 Å². The molecule has 2 aromatic rings. The van der Waals surface area contributed by atoms with Crippen molar-refractivity contribution in [3.63, 3.8) is 0 Å². The van der Waals surface area contributed by atoms with E-state index in [9.17, 15) is 5.11 Å². The Hall–Kier alpha value is -1.45. The summed E-state index contributed by atoms with van der Waals surface area (Å²) in [6, 6.07) is 10.5. The Bertz CT molecular complexity index is 533. The minimum Gasteiger partial charge on any atom is -0.393 e. The second-order valence-electron chi connectivity index (χ2n) is 5.04. The minimum atomic E-state index is -0.0953. The van der Waals surface area contributed by atoms with Gasteiger partial charge in [-0.1, -0.05) is 12.1 Å². The fraction of sp³-hybridized carbons (Fsp3) is 0.400. The van der Waals surface area contributed by atoms with Gasteiger partial charge in [-0.15, -0.1) is 0 Å². The maximum absolute atomic E-state index is 9.50. The van der Waals surface area contributed by atoms with Crippen molar-refractivity contribution in [1.29, 1.82) is 0 Å². The van der Waals surface area contributed by atoms with Crippen LogP contribution in [0.4, 0.5) is 0 Å². The molecule has 0 radical (unpaired) electrons. The highest BCUT2D eigenvalue weighted by Crippen LogP contribution is 2.17. The van der Waals surface area contributed by atoms with E-state index in [1.54, 1.807) is 0 Å². The third kappa shape index (κ3) is 2.52. The quantitative estimate of drug-likeness (QED) is 0.877. The first-order valence-corrected chi connectivity index (χ1v) is 6.55. The summed E-state index contributed by atoms with van der Waals surface area (Å²) >= 11 is 0.